The highest BCUT2D eigenvalue weighted by molar-refractivity contribution is 6.30. The summed E-state index contributed by atoms with van der Waals surface area (Å²) >= 11 is 5.91. The number of halogens is 1. The second kappa shape index (κ2) is 8.48. The maximum atomic E-state index is 12.4. The first-order valence-electron chi connectivity index (χ1n) is 7.92. The molecule has 1 heterocycles. The van der Waals surface area contributed by atoms with Crippen LogP contribution in [0.4, 0.5) is 5.69 Å². The number of carbonyl (C=O) groups excluding carboxylic acids is 2. The molecule has 132 valence electrons. The van der Waals surface area contributed by atoms with E-state index >= 15 is 0 Å². The number of aromatic nitrogens is 1. The summed E-state index contributed by atoms with van der Waals surface area (Å²) in [6, 6.07) is 10.4. The third-order valence-corrected chi connectivity index (χ3v) is 3.90. The predicted octanol–water partition coefficient (Wildman–Crippen LogP) is 2.48. The highest BCUT2D eigenvalue weighted by Crippen LogP contribution is 2.10. The van der Waals surface area contributed by atoms with Crippen LogP contribution in [0.25, 0.3) is 0 Å². The van der Waals surface area contributed by atoms with E-state index in [2.05, 4.69) is 10.6 Å². The third kappa shape index (κ3) is 5.19. The van der Waals surface area contributed by atoms with E-state index in [1.165, 1.54) is 4.57 Å². The second-order valence-electron chi connectivity index (χ2n) is 5.59. The Labute approximate surface area is 150 Å². The van der Waals surface area contributed by atoms with E-state index in [1.54, 1.807) is 44.2 Å². The molecule has 0 saturated carbocycles. The summed E-state index contributed by atoms with van der Waals surface area (Å²) in [7, 11) is 0. The molecule has 0 aliphatic rings. The number of rotatable bonds is 6. The maximum absolute atomic E-state index is 12.4. The van der Waals surface area contributed by atoms with Gasteiger partial charge in [-0.25, -0.2) is 0 Å². The molecule has 0 aliphatic heterocycles. The number of anilines is 1. The SMILES string of the molecule is CCC(=O)Nc1ccc(C)n(CC(=O)NCc2cccc(Cl)c2)c1=O. The Morgan fingerprint density at radius 2 is 1.92 bits per heavy atom. The Hall–Kier alpha value is -2.60. The van der Waals surface area contributed by atoms with Crippen LogP contribution in [-0.4, -0.2) is 16.4 Å². The van der Waals surface area contributed by atoms with Gasteiger partial charge in [0.1, 0.15) is 12.2 Å². The lowest BCUT2D eigenvalue weighted by Crippen LogP contribution is -2.34. The van der Waals surface area contributed by atoms with Crippen LogP contribution in [0.15, 0.2) is 41.2 Å². The number of amides is 2. The van der Waals surface area contributed by atoms with Gasteiger partial charge in [0.2, 0.25) is 11.8 Å². The van der Waals surface area contributed by atoms with Crippen LogP contribution in [0.1, 0.15) is 24.6 Å². The van der Waals surface area contributed by atoms with E-state index in [1.807, 2.05) is 6.07 Å². The van der Waals surface area contributed by atoms with E-state index in [0.717, 1.165) is 5.56 Å². The first-order valence-corrected chi connectivity index (χ1v) is 8.30. The van der Waals surface area contributed by atoms with Crippen LogP contribution in [0, 0.1) is 6.92 Å². The molecule has 2 rings (SSSR count). The summed E-state index contributed by atoms with van der Waals surface area (Å²) in [5, 5.41) is 5.90. The summed E-state index contributed by atoms with van der Waals surface area (Å²) in [5.74, 6) is -0.554. The van der Waals surface area contributed by atoms with Crippen molar-refractivity contribution in [3.8, 4) is 0 Å². The van der Waals surface area contributed by atoms with Gasteiger partial charge in [-0.3, -0.25) is 14.4 Å². The Bertz CT molecular complexity index is 846. The summed E-state index contributed by atoms with van der Waals surface area (Å²) in [6.45, 7) is 3.63. The van der Waals surface area contributed by atoms with Crippen molar-refractivity contribution in [2.75, 3.05) is 5.32 Å². The first-order chi connectivity index (χ1) is 11.9. The van der Waals surface area contributed by atoms with Crippen LogP contribution >= 0.6 is 11.6 Å². The Morgan fingerprint density at radius 1 is 1.16 bits per heavy atom. The van der Waals surface area contributed by atoms with Crippen molar-refractivity contribution in [3.63, 3.8) is 0 Å². The molecule has 1 aromatic heterocycles. The second-order valence-corrected chi connectivity index (χ2v) is 6.02. The van der Waals surface area contributed by atoms with Crippen molar-refractivity contribution < 1.29 is 9.59 Å². The van der Waals surface area contributed by atoms with Gasteiger partial charge in [-0.15, -0.1) is 0 Å². The van der Waals surface area contributed by atoms with E-state index < -0.39 is 5.56 Å². The van der Waals surface area contributed by atoms with Gasteiger partial charge in [0.25, 0.3) is 5.56 Å². The van der Waals surface area contributed by atoms with Gasteiger partial charge in [-0.1, -0.05) is 30.7 Å². The summed E-state index contributed by atoms with van der Waals surface area (Å²) in [6.07, 6.45) is 0.271. The largest absolute Gasteiger partial charge is 0.350 e. The van der Waals surface area contributed by atoms with Crippen molar-refractivity contribution in [2.24, 2.45) is 0 Å². The highest BCUT2D eigenvalue weighted by atomic mass is 35.5. The molecule has 0 saturated heterocycles. The van der Waals surface area contributed by atoms with Gasteiger partial charge < -0.3 is 15.2 Å². The summed E-state index contributed by atoms with van der Waals surface area (Å²) in [4.78, 5) is 36.1. The molecule has 1 aromatic carbocycles. The molecule has 2 aromatic rings. The Morgan fingerprint density at radius 3 is 2.60 bits per heavy atom. The number of pyridine rings is 1. The molecule has 7 heteroatoms. The fourth-order valence-corrected chi connectivity index (χ4v) is 2.46. The number of aryl methyl sites for hydroxylation is 1. The lowest BCUT2D eigenvalue weighted by atomic mass is 10.2. The fraction of sp³-hybridized carbons (Fsp3) is 0.278. The van der Waals surface area contributed by atoms with E-state index in [-0.39, 0.29) is 30.5 Å². The number of nitrogens with one attached hydrogen (secondary N) is 2. The number of nitrogens with zero attached hydrogens (tertiary/aromatic N) is 1. The lowest BCUT2D eigenvalue weighted by molar-refractivity contribution is -0.122. The molecule has 6 nitrogen and oxygen atoms in total. The minimum absolute atomic E-state index is 0.124. The van der Waals surface area contributed by atoms with Gasteiger partial charge in [0.15, 0.2) is 0 Å². The first kappa shape index (κ1) is 18.7. The summed E-state index contributed by atoms with van der Waals surface area (Å²) < 4.78 is 1.33. The minimum atomic E-state index is -0.403. The third-order valence-electron chi connectivity index (χ3n) is 3.67. The van der Waals surface area contributed by atoms with Crippen molar-refractivity contribution in [3.05, 3.63) is 63.0 Å². The van der Waals surface area contributed by atoms with E-state index in [0.29, 0.717) is 17.3 Å². The number of hydrogen-bond donors (Lipinski definition) is 2. The zero-order valence-corrected chi connectivity index (χ0v) is 14.9. The van der Waals surface area contributed by atoms with Crippen molar-refractivity contribution in [1.29, 1.82) is 0 Å². The average molecular weight is 362 g/mol. The molecule has 0 spiro atoms. The van der Waals surface area contributed by atoms with Crippen LogP contribution < -0.4 is 16.2 Å². The van der Waals surface area contributed by atoms with Gasteiger partial charge in [0, 0.05) is 23.7 Å². The van der Waals surface area contributed by atoms with Crippen molar-refractivity contribution >= 4 is 29.1 Å². The smallest absolute Gasteiger partial charge is 0.274 e. The average Bonchev–Trinajstić information content (AvgIpc) is 2.59. The molecule has 2 amide bonds. The van der Waals surface area contributed by atoms with Gasteiger partial charge in [0.05, 0.1) is 0 Å². The molecule has 25 heavy (non-hydrogen) atoms. The molecule has 0 fully saturated rings. The van der Waals surface area contributed by atoms with Gasteiger partial charge >= 0.3 is 0 Å². The minimum Gasteiger partial charge on any atom is -0.350 e. The lowest BCUT2D eigenvalue weighted by Gasteiger charge is -2.13. The number of benzene rings is 1. The molecule has 0 radical (unpaired) electrons. The van der Waals surface area contributed by atoms with Crippen LogP contribution in [0.5, 0.6) is 0 Å². The topological polar surface area (TPSA) is 80.2 Å². The normalized spacial score (nSPS) is 10.4. The van der Waals surface area contributed by atoms with Gasteiger partial charge in [-0.05, 0) is 36.8 Å². The summed E-state index contributed by atoms with van der Waals surface area (Å²) in [5.41, 5.74) is 1.27. The predicted molar refractivity (Wildman–Crippen MR) is 97.7 cm³/mol. The van der Waals surface area contributed by atoms with Crippen molar-refractivity contribution in [1.82, 2.24) is 9.88 Å². The van der Waals surface area contributed by atoms with Crippen LogP contribution in [0.2, 0.25) is 5.02 Å². The van der Waals surface area contributed by atoms with E-state index in [4.69, 9.17) is 11.6 Å². The number of hydrogen-bond acceptors (Lipinski definition) is 3. The molecule has 0 unspecified atom stereocenters. The molecule has 2 N–H and O–H groups in total. The van der Waals surface area contributed by atoms with Crippen LogP contribution in [-0.2, 0) is 22.7 Å². The highest BCUT2D eigenvalue weighted by Gasteiger charge is 2.11. The molecular weight excluding hydrogens is 342 g/mol. The molecule has 0 atom stereocenters. The Balaban J connectivity index is 2.08. The zero-order chi connectivity index (χ0) is 18.4. The standard InChI is InChI=1S/C18H20ClN3O3/c1-3-16(23)21-15-8-7-12(2)22(18(15)25)11-17(24)20-10-13-5-4-6-14(19)9-13/h4-9H,3,10-11H2,1-2H3,(H,20,24)(H,21,23). The molecular formula is C18H20ClN3O3. The fourth-order valence-electron chi connectivity index (χ4n) is 2.25. The van der Waals surface area contributed by atoms with Gasteiger partial charge in [-0.2, -0.15) is 0 Å². The monoisotopic (exact) mass is 361 g/mol. The maximum Gasteiger partial charge on any atom is 0.274 e. The molecule has 0 bridgehead atoms. The van der Waals surface area contributed by atoms with E-state index in [9.17, 15) is 14.4 Å². The zero-order valence-electron chi connectivity index (χ0n) is 14.1. The van der Waals surface area contributed by atoms with Crippen molar-refractivity contribution in [2.45, 2.75) is 33.4 Å². The molecule has 0 aliphatic carbocycles. The number of carbonyl (C=O) groups is 2. The quantitative estimate of drug-likeness (QED) is 0.829. The Kier molecular flexibility index (Phi) is 6.36. The van der Waals surface area contributed by atoms with Crippen LogP contribution in [0.3, 0.4) is 0 Å².